The van der Waals surface area contributed by atoms with Gasteiger partial charge in [-0.2, -0.15) is 13.2 Å². The lowest BCUT2D eigenvalue weighted by molar-refractivity contribution is -0.155. The van der Waals surface area contributed by atoms with E-state index in [0.717, 1.165) is 11.3 Å². The molecule has 23 heavy (non-hydrogen) atoms. The van der Waals surface area contributed by atoms with Crippen LogP contribution >= 0.6 is 11.3 Å². The van der Waals surface area contributed by atoms with Crippen molar-refractivity contribution in [2.75, 3.05) is 0 Å². The largest absolute Gasteiger partial charge is 0.415 e. The van der Waals surface area contributed by atoms with Crippen LogP contribution in [0, 0.1) is 0 Å². The molecule has 11 heteroatoms. The first kappa shape index (κ1) is 15.3. The number of amides is 1. The van der Waals surface area contributed by atoms with Gasteiger partial charge in [-0.3, -0.25) is 4.79 Å². The second-order valence-electron chi connectivity index (χ2n) is 4.56. The zero-order valence-electron chi connectivity index (χ0n) is 11.6. The molecule has 0 saturated heterocycles. The van der Waals surface area contributed by atoms with Gasteiger partial charge in [0.05, 0.1) is 5.56 Å². The maximum Gasteiger partial charge on any atom is 0.415 e. The number of halogens is 3. The van der Waals surface area contributed by atoms with Gasteiger partial charge in [0.15, 0.2) is 11.7 Å². The smallest absolute Gasteiger partial charge is 0.335 e. The highest BCUT2D eigenvalue weighted by atomic mass is 32.1. The molecule has 0 aliphatic rings. The van der Waals surface area contributed by atoms with Crippen molar-refractivity contribution >= 4 is 28.4 Å². The van der Waals surface area contributed by atoms with Crippen LogP contribution in [-0.2, 0) is 7.05 Å². The van der Waals surface area contributed by atoms with Crippen LogP contribution in [0.15, 0.2) is 23.8 Å². The van der Waals surface area contributed by atoms with Crippen molar-refractivity contribution < 1.29 is 18.0 Å². The van der Waals surface area contributed by atoms with Crippen molar-refractivity contribution in [3.8, 4) is 0 Å². The zero-order chi connectivity index (χ0) is 16.6. The minimum atomic E-state index is -4.66. The van der Waals surface area contributed by atoms with E-state index in [1.807, 2.05) is 5.32 Å². The van der Waals surface area contributed by atoms with Gasteiger partial charge in [0.25, 0.3) is 5.91 Å². The van der Waals surface area contributed by atoms with Crippen LogP contribution in [-0.4, -0.2) is 37.0 Å². The number of nitrogens with zero attached hydrogens (tertiary/aromatic N) is 5. The Balaban J connectivity index is 1.96. The van der Waals surface area contributed by atoms with Crippen LogP contribution in [0.2, 0.25) is 0 Å². The number of carbonyl (C=O) groups is 1. The molecule has 3 rings (SSSR count). The average Bonchev–Trinajstić information content (AvgIpc) is 3.13. The number of nitrogens with one attached hydrogen (secondary N) is 1. The fourth-order valence-corrected chi connectivity index (χ4v) is 2.70. The van der Waals surface area contributed by atoms with E-state index in [0.29, 0.717) is 5.65 Å². The van der Waals surface area contributed by atoms with E-state index in [1.54, 1.807) is 7.05 Å². The second-order valence-corrected chi connectivity index (χ2v) is 5.49. The van der Waals surface area contributed by atoms with Gasteiger partial charge in [0.2, 0.25) is 0 Å². The molecule has 0 spiro atoms. The monoisotopic (exact) mass is 342 g/mol. The summed E-state index contributed by atoms with van der Waals surface area (Å²) in [6.45, 7) is 0. The van der Waals surface area contributed by atoms with Crippen molar-refractivity contribution in [2.45, 2.75) is 12.2 Å². The van der Waals surface area contributed by atoms with Crippen LogP contribution in [0.25, 0.3) is 11.2 Å². The van der Waals surface area contributed by atoms with Crippen LogP contribution in [0.3, 0.4) is 0 Å². The second kappa shape index (κ2) is 5.57. The number of rotatable bonds is 3. The number of aromatic nitrogens is 5. The molecule has 1 amide bonds. The molecule has 7 nitrogen and oxygen atoms in total. The Morgan fingerprint density at radius 3 is 2.78 bits per heavy atom. The number of alkyl halides is 3. The molecule has 0 aliphatic carbocycles. The van der Waals surface area contributed by atoms with E-state index < -0.39 is 18.1 Å². The number of hydrogen-bond acceptors (Lipinski definition) is 6. The third-order valence-corrected chi connectivity index (χ3v) is 3.88. The molecule has 0 fully saturated rings. The summed E-state index contributed by atoms with van der Waals surface area (Å²) in [5, 5.41) is 10.6. The first-order valence-corrected chi connectivity index (χ1v) is 7.17. The van der Waals surface area contributed by atoms with Gasteiger partial charge < -0.3 is 5.32 Å². The number of aryl methyl sites for hydroxylation is 1. The number of pyridine rings is 1. The van der Waals surface area contributed by atoms with E-state index in [9.17, 15) is 18.0 Å². The van der Waals surface area contributed by atoms with Gasteiger partial charge in [-0.15, -0.1) is 16.4 Å². The molecule has 0 bridgehead atoms. The van der Waals surface area contributed by atoms with Gasteiger partial charge in [0, 0.05) is 24.8 Å². The molecule has 120 valence electrons. The van der Waals surface area contributed by atoms with Crippen LogP contribution < -0.4 is 5.32 Å². The van der Waals surface area contributed by atoms with Crippen molar-refractivity contribution in [1.29, 1.82) is 0 Å². The third-order valence-electron chi connectivity index (χ3n) is 3.04. The summed E-state index contributed by atoms with van der Waals surface area (Å²) >= 11 is 0.813. The Hall–Kier alpha value is -2.56. The van der Waals surface area contributed by atoms with Gasteiger partial charge in [-0.1, -0.05) is 5.21 Å². The normalized spacial score (nSPS) is 13.2. The number of fused-ring (bicyclic) bond motifs is 1. The molecule has 0 aliphatic heterocycles. The Morgan fingerprint density at radius 1 is 1.35 bits per heavy atom. The number of thiazole rings is 1. The van der Waals surface area contributed by atoms with Gasteiger partial charge in [-0.05, 0) is 6.07 Å². The summed E-state index contributed by atoms with van der Waals surface area (Å²) in [4.78, 5) is 19.9. The molecule has 1 atom stereocenters. The molecule has 3 aromatic heterocycles. The molecular formula is C12H9F3N6OS. The van der Waals surface area contributed by atoms with Gasteiger partial charge in [0.1, 0.15) is 10.5 Å². The fraction of sp³-hybridized carbons (Fsp3) is 0.250. The average molecular weight is 342 g/mol. The maximum absolute atomic E-state index is 13.2. The Labute approximate surface area is 131 Å². The molecule has 0 saturated carbocycles. The van der Waals surface area contributed by atoms with E-state index in [-0.39, 0.29) is 16.1 Å². The third kappa shape index (κ3) is 2.86. The highest BCUT2D eigenvalue weighted by Gasteiger charge is 2.44. The quantitative estimate of drug-likeness (QED) is 0.785. The molecular weight excluding hydrogens is 333 g/mol. The van der Waals surface area contributed by atoms with Crippen LogP contribution in [0.5, 0.6) is 0 Å². The Bertz CT molecular complexity index is 844. The van der Waals surface area contributed by atoms with Crippen molar-refractivity contribution in [2.24, 2.45) is 7.05 Å². The van der Waals surface area contributed by atoms with Crippen molar-refractivity contribution in [3.63, 3.8) is 0 Å². The zero-order valence-corrected chi connectivity index (χ0v) is 12.4. The standard InChI is InChI=1S/C12H9F3N6OS/c1-21-9-7(19-20-21)6(2-3-16-9)10(22)18-8(12(13,14)15)11-17-4-5-23-11/h2-5,8H,1H3,(H,18,22). The SMILES string of the molecule is Cn1nnc2c(C(=O)NC(c3nccs3)C(F)(F)F)ccnc21. The predicted octanol–water partition coefficient (Wildman–Crippen LogP) is 1.85. The van der Waals surface area contributed by atoms with Crippen molar-refractivity contribution in [3.05, 3.63) is 34.4 Å². The van der Waals surface area contributed by atoms with Crippen LogP contribution in [0.1, 0.15) is 21.4 Å². The summed E-state index contributed by atoms with van der Waals surface area (Å²) in [6.07, 6.45) is -2.10. The highest BCUT2D eigenvalue weighted by Crippen LogP contribution is 2.34. The summed E-state index contributed by atoms with van der Waals surface area (Å²) in [5.41, 5.74) is 0.400. The fourth-order valence-electron chi connectivity index (χ4n) is 1.99. The predicted molar refractivity (Wildman–Crippen MR) is 74.7 cm³/mol. The minimum absolute atomic E-state index is 0.0334. The Kier molecular flexibility index (Phi) is 3.72. The van der Waals surface area contributed by atoms with Gasteiger partial charge in [-0.25, -0.2) is 14.6 Å². The molecule has 0 radical (unpaired) electrons. The summed E-state index contributed by atoms with van der Waals surface area (Å²) < 4.78 is 40.9. The lowest BCUT2D eigenvalue weighted by atomic mass is 10.2. The van der Waals surface area contributed by atoms with E-state index in [2.05, 4.69) is 20.3 Å². The van der Waals surface area contributed by atoms with Crippen molar-refractivity contribution in [1.82, 2.24) is 30.3 Å². The van der Waals surface area contributed by atoms with E-state index in [1.165, 1.54) is 28.5 Å². The topological polar surface area (TPSA) is 85.6 Å². The summed E-state index contributed by atoms with van der Waals surface area (Å²) in [7, 11) is 1.57. The highest BCUT2D eigenvalue weighted by molar-refractivity contribution is 7.09. The summed E-state index contributed by atoms with van der Waals surface area (Å²) in [5.74, 6) is -0.921. The molecule has 3 heterocycles. The lowest BCUT2D eigenvalue weighted by Crippen LogP contribution is -2.38. The maximum atomic E-state index is 13.2. The van der Waals surface area contributed by atoms with Gasteiger partial charge >= 0.3 is 6.18 Å². The lowest BCUT2D eigenvalue weighted by Gasteiger charge is -2.19. The molecule has 1 N–H and O–H groups in total. The number of hydrogen-bond donors (Lipinski definition) is 1. The minimum Gasteiger partial charge on any atom is -0.335 e. The molecule has 3 aromatic rings. The van der Waals surface area contributed by atoms with Crippen LogP contribution in [0.4, 0.5) is 13.2 Å². The molecule has 1 unspecified atom stereocenters. The summed E-state index contributed by atoms with van der Waals surface area (Å²) in [6, 6.07) is -0.892. The number of carbonyl (C=O) groups excluding carboxylic acids is 1. The van der Waals surface area contributed by atoms with E-state index >= 15 is 0 Å². The first-order valence-electron chi connectivity index (χ1n) is 6.29. The molecule has 0 aromatic carbocycles. The first-order chi connectivity index (χ1) is 10.9. The Morgan fingerprint density at radius 2 is 2.13 bits per heavy atom. The van der Waals surface area contributed by atoms with E-state index in [4.69, 9.17) is 0 Å².